The Morgan fingerprint density at radius 2 is 2.00 bits per heavy atom. The molecule has 0 saturated carbocycles. The molecule has 3 atom stereocenters. The molecule has 0 aromatic heterocycles. The molecule has 0 radical (unpaired) electrons. The van der Waals surface area contributed by atoms with E-state index in [9.17, 15) is 4.79 Å². The topological polar surface area (TPSA) is 32.3 Å². The summed E-state index contributed by atoms with van der Waals surface area (Å²) >= 11 is 0. The third-order valence-corrected chi connectivity index (χ3v) is 3.77. The molecule has 3 unspecified atom stereocenters. The molecule has 0 aliphatic carbocycles. The fourth-order valence-electron chi connectivity index (χ4n) is 2.11. The second-order valence-electron chi connectivity index (χ2n) is 5.07. The highest BCUT2D eigenvalue weighted by Crippen LogP contribution is 2.20. The summed E-state index contributed by atoms with van der Waals surface area (Å²) in [6.45, 7) is 9.51. The average molecular weight is 212 g/mol. The van der Waals surface area contributed by atoms with Crippen LogP contribution in [0.25, 0.3) is 0 Å². The Morgan fingerprint density at radius 3 is 2.40 bits per heavy atom. The molecule has 1 heterocycles. The van der Waals surface area contributed by atoms with Gasteiger partial charge >= 0.3 is 0 Å². The molecule has 1 N–H and O–H groups in total. The van der Waals surface area contributed by atoms with Gasteiger partial charge in [-0.15, -0.1) is 0 Å². The number of hydrogen-bond acceptors (Lipinski definition) is 2. The molecule has 0 bridgehead atoms. The molecule has 1 amide bonds. The zero-order valence-corrected chi connectivity index (χ0v) is 10.6. The van der Waals surface area contributed by atoms with E-state index in [0.717, 1.165) is 13.0 Å². The fraction of sp³-hybridized carbons (Fsp3) is 0.917. The summed E-state index contributed by atoms with van der Waals surface area (Å²) in [5, 5.41) is 3.33. The van der Waals surface area contributed by atoms with Gasteiger partial charge in [-0.3, -0.25) is 4.79 Å². The van der Waals surface area contributed by atoms with Crippen LogP contribution in [0.4, 0.5) is 0 Å². The van der Waals surface area contributed by atoms with Crippen LogP contribution in [0.1, 0.15) is 34.1 Å². The Hall–Kier alpha value is -0.570. The van der Waals surface area contributed by atoms with Crippen LogP contribution < -0.4 is 5.32 Å². The van der Waals surface area contributed by atoms with Crippen molar-refractivity contribution in [3.63, 3.8) is 0 Å². The van der Waals surface area contributed by atoms with Crippen molar-refractivity contribution in [2.45, 2.75) is 46.2 Å². The number of amides is 1. The van der Waals surface area contributed by atoms with Gasteiger partial charge in [-0.05, 0) is 32.7 Å². The van der Waals surface area contributed by atoms with E-state index in [-0.39, 0.29) is 5.92 Å². The molecular weight excluding hydrogens is 188 g/mol. The number of hydrogen-bond donors (Lipinski definition) is 1. The first kappa shape index (κ1) is 12.5. The van der Waals surface area contributed by atoms with Crippen molar-refractivity contribution in [3.05, 3.63) is 0 Å². The summed E-state index contributed by atoms with van der Waals surface area (Å²) in [5.74, 6) is 0.994. The van der Waals surface area contributed by atoms with E-state index >= 15 is 0 Å². The minimum atomic E-state index is 0.177. The summed E-state index contributed by atoms with van der Waals surface area (Å²) in [6, 6.07) is 0.657. The Balaban J connectivity index is 2.59. The van der Waals surface area contributed by atoms with Gasteiger partial charge in [0.1, 0.15) is 0 Å². The van der Waals surface area contributed by atoms with Gasteiger partial charge in [0.2, 0.25) is 5.91 Å². The lowest BCUT2D eigenvalue weighted by Crippen LogP contribution is -2.44. The highest BCUT2D eigenvalue weighted by molar-refractivity contribution is 5.80. The van der Waals surface area contributed by atoms with E-state index in [4.69, 9.17) is 0 Å². The van der Waals surface area contributed by atoms with E-state index in [1.807, 2.05) is 11.9 Å². The molecule has 3 nitrogen and oxygen atoms in total. The highest BCUT2D eigenvalue weighted by Gasteiger charge is 2.33. The maximum Gasteiger partial charge on any atom is 0.227 e. The lowest BCUT2D eigenvalue weighted by atomic mass is 9.97. The smallest absolute Gasteiger partial charge is 0.227 e. The van der Waals surface area contributed by atoms with E-state index in [2.05, 4.69) is 33.0 Å². The lowest BCUT2D eigenvalue weighted by molar-refractivity contribution is -0.136. The quantitative estimate of drug-likeness (QED) is 0.768. The van der Waals surface area contributed by atoms with Crippen molar-refractivity contribution in [2.75, 3.05) is 13.6 Å². The molecule has 0 spiro atoms. The van der Waals surface area contributed by atoms with E-state index in [0.29, 0.717) is 23.9 Å². The summed E-state index contributed by atoms with van der Waals surface area (Å²) in [7, 11) is 1.93. The molecular formula is C12H24N2O. The molecule has 0 aromatic carbocycles. The van der Waals surface area contributed by atoms with Crippen molar-refractivity contribution in [1.82, 2.24) is 10.2 Å². The first-order valence-electron chi connectivity index (χ1n) is 5.95. The molecule has 15 heavy (non-hydrogen) atoms. The van der Waals surface area contributed by atoms with Crippen molar-refractivity contribution in [1.29, 1.82) is 0 Å². The molecule has 1 aliphatic rings. The van der Waals surface area contributed by atoms with Crippen molar-refractivity contribution < 1.29 is 4.79 Å². The molecule has 0 aromatic rings. The Morgan fingerprint density at radius 1 is 1.40 bits per heavy atom. The Kier molecular flexibility index (Phi) is 4.14. The minimum Gasteiger partial charge on any atom is -0.343 e. The summed E-state index contributed by atoms with van der Waals surface area (Å²) in [5.41, 5.74) is 0. The number of rotatable bonds is 3. The molecule has 1 rings (SSSR count). The predicted molar refractivity (Wildman–Crippen MR) is 62.6 cm³/mol. The van der Waals surface area contributed by atoms with Gasteiger partial charge in [-0.25, -0.2) is 0 Å². The summed E-state index contributed by atoms with van der Waals surface area (Å²) in [4.78, 5) is 14.1. The number of nitrogens with zero attached hydrogens (tertiary/aromatic N) is 1. The third kappa shape index (κ3) is 2.71. The van der Waals surface area contributed by atoms with Gasteiger partial charge < -0.3 is 10.2 Å². The molecule has 88 valence electrons. The zero-order valence-electron chi connectivity index (χ0n) is 10.6. The van der Waals surface area contributed by atoms with E-state index in [1.54, 1.807) is 0 Å². The normalized spacial score (nSPS) is 28.1. The largest absolute Gasteiger partial charge is 0.343 e. The highest BCUT2D eigenvalue weighted by atomic mass is 16.2. The van der Waals surface area contributed by atoms with E-state index < -0.39 is 0 Å². The SMILES string of the molecule is CC(C)C(C)N(C)C(=O)C1CCNC1C. The van der Waals surface area contributed by atoms with Crippen molar-refractivity contribution >= 4 is 5.91 Å². The maximum atomic E-state index is 12.2. The Labute approximate surface area is 93.2 Å². The number of carbonyl (C=O) groups is 1. The average Bonchev–Trinajstić information content (AvgIpc) is 2.60. The van der Waals surface area contributed by atoms with Gasteiger partial charge in [-0.1, -0.05) is 13.8 Å². The van der Waals surface area contributed by atoms with Crippen molar-refractivity contribution in [3.8, 4) is 0 Å². The van der Waals surface area contributed by atoms with Gasteiger partial charge in [0.25, 0.3) is 0 Å². The summed E-state index contributed by atoms with van der Waals surface area (Å²) < 4.78 is 0. The van der Waals surface area contributed by atoms with Gasteiger partial charge in [-0.2, -0.15) is 0 Å². The molecule has 1 aliphatic heterocycles. The standard InChI is InChI=1S/C12H24N2O/c1-8(2)10(4)14(5)12(15)11-6-7-13-9(11)3/h8-11,13H,6-7H2,1-5H3. The third-order valence-electron chi connectivity index (χ3n) is 3.77. The number of carbonyl (C=O) groups excluding carboxylic acids is 1. The lowest BCUT2D eigenvalue weighted by Gasteiger charge is -2.31. The van der Waals surface area contributed by atoms with Crippen LogP contribution in [0.15, 0.2) is 0 Å². The van der Waals surface area contributed by atoms with Gasteiger partial charge in [0.15, 0.2) is 0 Å². The zero-order chi connectivity index (χ0) is 11.6. The van der Waals surface area contributed by atoms with Crippen molar-refractivity contribution in [2.24, 2.45) is 11.8 Å². The molecule has 3 heteroatoms. The monoisotopic (exact) mass is 212 g/mol. The first-order chi connectivity index (χ1) is 6.95. The number of nitrogens with one attached hydrogen (secondary N) is 1. The van der Waals surface area contributed by atoms with Gasteiger partial charge in [0.05, 0.1) is 5.92 Å². The molecule has 1 saturated heterocycles. The molecule has 1 fully saturated rings. The van der Waals surface area contributed by atoms with Crippen LogP contribution in [0.2, 0.25) is 0 Å². The van der Waals surface area contributed by atoms with Crippen LogP contribution in [-0.4, -0.2) is 36.5 Å². The van der Waals surface area contributed by atoms with Crippen LogP contribution >= 0.6 is 0 Å². The van der Waals surface area contributed by atoms with Crippen LogP contribution in [-0.2, 0) is 4.79 Å². The fourth-order valence-corrected chi connectivity index (χ4v) is 2.11. The van der Waals surface area contributed by atoms with E-state index in [1.165, 1.54) is 0 Å². The van der Waals surface area contributed by atoms with Crippen LogP contribution in [0, 0.1) is 11.8 Å². The van der Waals surface area contributed by atoms with Gasteiger partial charge in [0, 0.05) is 19.1 Å². The first-order valence-corrected chi connectivity index (χ1v) is 5.95. The summed E-state index contributed by atoms with van der Waals surface area (Å²) in [6.07, 6.45) is 0.981. The maximum absolute atomic E-state index is 12.2. The second-order valence-corrected chi connectivity index (χ2v) is 5.07. The second kappa shape index (κ2) is 4.97. The Bertz CT molecular complexity index is 228. The van der Waals surface area contributed by atoms with Crippen LogP contribution in [0.3, 0.4) is 0 Å². The minimum absolute atomic E-state index is 0.177. The van der Waals surface area contributed by atoms with Crippen LogP contribution in [0.5, 0.6) is 0 Å². The predicted octanol–water partition coefficient (Wildman–Crippen LogP) is 1.49.